The van der Waals surface area contributed by atoms with Gasteiger partial charge in [-0.15, -0.1) is 0 Å². The number of carbonyl (C=O) groups excluding carboxylic acids is 1. The summed E-state index contributed by atoms with van der Waals surface area (Å²) in [6.07, 6.45) is 0. The summed E-state index contributed by atoms with van der Waals surface area (Å²) in [6.45, 7) is 10.1. The van der Waals surface area contributed by atoms with Crippen LogP contribution in [0, 0.1) is 0 Å². The van der Waals surface area contributed by atoms with Crippen molar-refractivity contribution in [2.75, 3.05) is 26.3 Å². The molecule has 1 aromatic rings. The molecule has 0 aromatic heterocycles. The first kappa shape index (κ1) is 15.0. The third-order valence-electron chi connectivity index (χ3n) is 4.08. The van der Waals surface area contributed by atoms with Gasteiger partial charge in [0.2, 0.25) is 5.91 Å². The number of nitrogens with zero attached hydrogens (tertiary/aromatic N) is 2. The Balaban J connectivity index is 2.00. The first-order valence-corrected chi connectivity index (χ1v) is 7.48. The first-order valence-electron chi connectivity index (χ1n) is 7.48. The zero-order valence-corrected chi connectivity index (χ0v) is 12.7. The van der Waals surface area contributed by atoms with Crippen LogP contribution in [0.5, 0.6) is 0 Å². The molecule has 0 bridgehead atoms. The molecule has 20 heavy (non-hydrogen) atoms. The van der Waals surface area contributed by atoms with Crippen LogP contribution in [0.2, 0.25) is 0 Å². The van der Waals surface area contributed by atoms with E-state index in [-0.39, 0.29) is 18.0 Å². The van der Waals surface area contributed by atoms with Crippen LogP contribution in [0.25, 0.3) is 0 Å². The lowest BCUT2D eigenvalue weighted by Crippen LogP contribution is -2.43. The summed E-state index contributed by atoms with van der Waals surface area (Å²) in [5, 5.41) is 3.32. The van der Waals surface area contributed by atoms with Crippen molar-refractivity contribution in [2.45, 2.75) is 32.9 Å². The Hall–Kier alpha value is -1.39. The minimum atomic E-state index is -0.185. The second-order valence-electron chi connectivity index (χ2n) is 5.35. The van der Waals surface area contributed by atoms with E-state index in [0.717, 1.165) is 25.2 Å². The number of hydrogen-bond acceptors (Lipinski definition) is 3. The Bertz CT molecular complexity index is 431. The second-order valence-corrected chi connectivity index (χ2v) is 5.35. The van der Waals surface area contributed by atoms with Crippen LogP contribution in [0.3, 0.4) is 0 Å². The predicted molar refractivity (Wildman–Crippen MR) is 81.3 cm³/mol. The monoisotopic (exact) mass is 275 g/mol. The molecule has 1 heterocycles. The van der Waals surface area contributed by atoms with E-state index in [1.54, 1.807) is 0 Å². The van der Waals surface area contributed by atoms with Gasteiger partial charge in [0.25, 0.3) is 0 Å². The van der Waals surface area contributed by atoms with Crippen molar-refractivity contribution in [3.05, 3.63) is 35.9 Å². The van der Waals surface area contributed by atoms with Crippen LogP contribution >= 0.6 is 0 Å². The molecule has 0 spiro atoms. The molecule has 4 nitrogen and oxygen atoms in total. The summed E-state index contributed by atoms with van der Waals surface area (Å²) >= 11 is 0. The molecular weight excluding hydrogens is 250 g/mol. The minimum Gasteiger partial charge on any atom is -0.324 e. The van der Waals surface area contributed by atoms with E-state index in [2.05, 4.69) is 31.0 Å². The largest absolute Gasteiger partial charge is 0.324 e. The van der Waals surface area contributed by atoms with E-state index >= 15 is 0 Å². The zero-order valence-electron chi connectivity index (χ0n) is 12.7. The molecule has 1 N–H and O–H groups in total. The molecule has 0 saturated carbocycles. The molecule has 1 aromatic carbocycles. The summed E-state index contributed by atoms with van der Waals surface area (Å²) in [6, 6.07) is 10.0. The highest BCUT2D eigenvalue weighted by Gasteiger charge is 2.34. The van der Waals surface area contributed by atoms with Gasteiger partial charge in [0.15, 0.2) is 0 Å². The van der Waals surface area contributed by atoms with Crippen LogP contribution in [0.15, 0.2) is 30.3 Å². The molecule has 1 aliphatic rings. The molecule has 0 radical (unpaired) electrons. The van der Waals surface area contributed by atoms with E-state index in [9.17, 15) is 4.79 Å². The first-order chi connectivity index (χ1) is 9.67. The molecule has 0 aliphatic carbocycles. The summed E-state index contributed by atoms with van der Waals surface area (Å²) in [5.41, 5.74) is 1.05. The molecule has 2 atom stereocenters. The molecule has 4 heteroatoms. The number of amides is 1. The van der Waals surface area contributed by atoms with Gasteiger partial charge in [0, 0.05) is 12.6 Å². The normalized spacial score (nSPS) is 20.7. The summed E-state index contributed by atoms with van der Waals surface area (Å²) in [5.74, 6) is 0.191. The zero-order chi connectivity index (χ0) is 14.5. The predicted octanol–water partition coefficient (Wildman–Crippen LogP) is 1.85. The van der Waals surface area contributed by atoms with Crippen LogP contribution in [0.4, 0.5) is 0 Å². The minimum absolute atomic E-state index is 0.185. The number of benzene rings is 1. The van der Waals surface area contributed by atoms with Crippen LogP contribution < -0.4 is 5.32 Å². The maximum absolute atomic E-state index is 12.6. The van der Waals surface area contributed by atoms with Gasteiger partial charge < -0.3 is 9.80 Å². The molecule has 1 amide bonds. The van der Waals surface area contributed by atoms with E-state index in [1.807, 2.05) is 35.2 Å². The SMILES string of the molecule is CCN(CC)CC(C)N1CNC(c2ccccc2)C1=O. The van der Waals surface area contributed by atoms with Crippen molar-refractivity contribution in [3.63, 3.8) is 0 Å². The number of carbonyl (C=O) groups is 1. The number of hydrogen-bond donors (Lipinski definition) is 1. The Morgan fingerprint density at radius 2 is 1.95 bits per heavy atom. The fraction of sp³-hybridized carbons (Fsp3) is 0.562. The van der Waals surface area contributed by atoms with Gasteiger partial charge in [-0.05, 0) is 25.6 Å². The molecule has 2 rings (SSSR count). The van der Waals surface area contributed by atoms with Gasteiger partial charge in [-0.3, -0.25) is 10.1 Å². The smallest absolute Gasteiger partial charge is 0.245 e. The highest BCUT2D eigenvalue weighted by molar-refractivity contribution is 5.85. The molecule has 1 aliphatic heterocycles. The highest BCUT2D eigenvalue weighted by Crippen LogP contribution is 2.22. The van der Waals surface area contributed by atoms with Crippen molar-refractivity contribution in [3.8, 4) is 0 Å². The van der Waals surface area contributed by atoms with E-state index in [4.69, 9.17) is 0 Å². The highest BCUT2D eigenvalue weighted by atomic mass is 16.2. The van der Waals surface area contributed by atoms with E-state index < -0.39 is 0 Å². The van der Waals surface area contributed by atoms with Crippen LogP contribution in [0.1, 0.15) is 32.4 Å². The Morgan fingerprint density at radius 1 is 1.30 bits per heavy atom. The fourth-order valence-electron chi connectivity index (χ4n) is 2.75. The van der Waals surface area contributed by atoms with Gasteiger partial charge in [-0.1, -0.05) is 44.2 Å². The molecule has 1 saturated heterocycles. The van der Waals surface area contributed by atoms with Gasteiger partial charge in [0.05, 0.1) is 6.67 Å². The van der Waals surface area contributed by atoms with Crippen molar-refractivity contribution < 1.29 is 4.79 Å². The summed E-state index contributed by atoms with van der Waals surface area (Å²) in [7, 11) is 0. The quantitative estimate of drug-likeness (QED) is 0.860. The molecule has 110 valence electrons. The lowest BCUT2D eigenvalue weighted by molar-refractivity contribution is -0.131. The average molecular weight is 275 g/mol. The lowest BCUT2D eigenvalue weighted by atomic mass is 10.1. The van der Waals surface area contributed by atoms with Crippen LogP contribution in [-0.4, -0.2) is 48.1 Å². The summed E-state index contributed by atoms with van der Waals surface area (Å²) < 4.78 is 0. The van der Waals surface area contributed by atoms with Gasteiger partial charge >= 0.3 is 0 Å². The third kappa shape index (κ3) is 3.19. The fourth-order valence-corrected chi connectivity index (χ4v) is 2.75. The van der Waals surface area contributed by atoms with Crippen molar-refractivity contribution >= 4 is 5.91 Å². The number of rotatable bonds is 6. The maximum Gasteiger partial charge on any atom is 0.245 e. The number of likely N-dealkylation sites (N-methyl/N-ethyl adjacent to an activating group) is 1. The molecule has 1 fully saturated rings. The second kappa shape index (κ2) is 6.86. The van der Waals surface area contributed by atoms with E-state index in [1.165, 1.54) is 0 Å². The lowest BCUT2D eigenvalue weighted by Gasteiger charge is -2.29. The van der Waals surface area contributed by atoms with Gasteiger partial charge in [0.1, 0.15) is 6.04 Å². The Labute approximate surface area is 121 Å². The number of nitrogens with one attached hydrogen (secondary N) is 1. The topological polar surface area (TPSA) is 35.6 Å². The third-order valence-corrected chi connectivity index (χ3v) is 4.08. The van der Waals surface area contributed by atoms with Crippen LogP contribution in [-0.2, 0) is 4.79 Å². The maximum atomic E-state index is 12.6. The van der Waals surface area contributed by atoms with Crippen molar-refractivity contribution in [2.24, 2.45) is 0 Å². The standard InChI is InChI=1S/C16H25N3O/c1-4-18(5-2)11-13(3)19-12-17-15(16(19)20)14-9-7-6-8-10-14/h6-10,13,15,17H,4-5,11-12H2,1-3H3. The van der Waals surface area contributed by atoms with Gasteiger partial charge in [-0.25, -0.2) is 0 Å². The van der Waals surface area contributed by atoms with Crippen molar-refractivity contribution in [1.29, 1.82) is 0 Å². The van der Waals surface area contributed by atoms with Gasteiger partial charge in [-0.2, -0.15) is 0 Å². The average Bonchev–Trinajstić information content (AvgIpc) is 2.87. The molecular formula is C16H25N3O. The Morgan fingerprint density at radius 3 is 2.55 bits per heavy atom. The Kier molecular flexibility index (Phi) is 5.15. The summed E-state index contributed by atoms with van der Waals surface area (Å²) in [4.78, 5) is 16.9. The van der Waals surface area contributed by atoms with E-state index in [0.29, 0.717) is 6.67 Å². The molecule has 2 unspecified atom stereocenters. The van der Waals surface area contributed by atoms with Crippen molar-refractivity contribution in [1.82, 2.24) is 15.1 Å².